The summed E-state index contributed by atoms with van der Waals surface area (Å²) < 4.78 is 0. The van der Waals surface area contributed by atoms with Gasteiger partial charge in [-0.15, -0.1) is 0 Å². The number of hydrogen-bond acceptors (Lipinski definition) is 3. The van der Waals surface area contributed by atoms with E-state index in [1.54, 1.807) is 0 Å². The number of piperidine rings is 1. The lowest BCUT2D eigenvalue weighted by molar-refractivity contribution is -0.119. The maximum absolute atomic E-state index is 11.8. The summed E-state index contributed by atoms with van der Waals surface area (Å²) in [4.78, 5) is 13.9. The third-order valence-electron chi connectivity index (χ3n) is 4.35. The van der Waals surface area contributed by atoms with Gasteiger partial charge in [-0.25, -0.2) is 0 Å². The van der Waals surface area contributed by atoms with Gasteiger partial charge in [0.2, 0.25) is 5.91 Å². The van der Waals surface area contributed by atoms with Crippen LogP contribution in [0.2, 0.25) is 5.02 Å². The topological polar surface area (TPSA) is 58.4 Å². The van der Waals surface area contributed by atoms with E-state index in [0.29, 0.717) is 11.1 Å². The van der Waals surface area contributed by atoms with Crippen LogP contribution in [0.1, 0.15) is 37.7 Å². The smallest absolute Gasteiger partial charge is 0.240 e. The predicted octanol–water partition coefficient (Wildman–Crippen LogP) is 2.44. The molecule has 1 aliphatic heterocycles. The van der Waals surface area contributed by atoms with E-state index in [2.05, 4.69) is 16.3 Å². The Hall–Kier alpha value is -1.26. The van der Waals surface area contributed by atoms with Crippen LogP contribution >= 0.6 is 11.6 Å². The zero-order valence-corrected chi connectivity index (χ0v) is 12.9. The largest absolute Gasteiger partial charge is 0.368 e. The molecule has 1 amide bonds. The first-order chi connectivity index (χ1) is 10.2. The average Bonchev–Trinajstić information content (AvgIpc) is 3.29. The predicted molar refractivity (Wildman–Crippen MR) is 85.5 cm³/mol. The minimum Gasteiger partial charge on any atom is -0.368 e. The Morgan fingerprint density at radius 2 is 2.14 bits per heavy atom. The Kier molecular flexibility index (Phi) is 4.36. The van der Waals surface area contributed by atoms with Gasteiger partial charge < -0.3 is 16.0 Å². The van der Waals surface area contributed by atoms with E-state index in [9.17, 15) is 4.79 Å². The van der Waals surface area contributed by atoms with Gasteiger partial charge in [-0.1, -0.05) is 23.7 Å². The maximum Gasteiger partial charge on any atom is 0.240 e. The molecule has 1 unspecified atom stereocenters. The molecule has 3 N–H and O–H groups in total. The number of anilines is 1. The molecule has 0 aromatic heterocycles. The van der Waals surface area contributed by atoms with Crippen LogP contribution in [-0.4, -0.2) is 24.5 Å². The van der Waals surface area contributed by atoms with E-state index in [-0.39, 0.29) is 11.9 Å². The first-order valence-electron chi connectivity index (χ1n) is 7.73. The molecule has 1 aromatic carbocycles. The van der Waals surface area contributed by atoms with Crippen LogP contribution in [0.4, 0.5) is 5.69 Å². The first-order valence-corrected chi connectivity index (χ1v) is 8.11. The fourth-order valence-electron chi connectivity index (χ4n) is 3.06. The highest BCUT2D eigenvalue weighted by atomic mass is 35.5. The zero-order chi connectivity index (χ0) is 14.8. The lowest BCUT2D eigenvalue weighted by atomic mass is 9.99. The molecule has 1 heterocycles. The fourth-order valence-corrected chi connectivity index (χ4v) is 3.36. The van der Waals surface area contributed by atoms with E-state index >= 15 is 0 Å². The van der Waals surface area contributed by atoms with Crippen molar-refractivity contribution in [3.05, 3.63) is 28.8 Å². The van der Waals surface area contributed by atoms with Crippen molar-refractivity contribution in [3.63, 3.8) is 0 Å². The second-order valence-corrected chi connectivity index (χ2v) is 6.42. The molecule has 1 saturated carbocycles. The molecule has 1 aromatic rings. The van der Waals surface area contributed by atoms with Gasteiger partial charge >= 0.3 is 0 Å². The number of benzene rings is 1. The number of para-hydroxylation sites is 1. The fraction of sp³-hybridized carbons (Fsp3) is 0.562. The van der Waals surface area contributed by atoms with Crippen molar-refractivity contribution in [1.82, 2.24) is 5.32 Å². The minimum atomic E-state index is -0.254. The van der Waals surface area contributed by atoms with Crippen LogP contribution in [0.3, 0.4) is 0 Å². The first kappa shape index (κ1) is 14.7. The van der Waals surface area contributed by atoms with Crippen LogP contribution in [0.25, 0.3) is 0 Å². The Labute approximate surface area is 130 Å². The van der Waals surface area contributed by atoms with Gasteiger partial charge in [0, 0.05) is 19.1 Å². The molecule has 2 fully saturated rings. The van der Waals surface area contributed by atoms with E-state index < -0.39 is 0 Å². The Bertz CT molecular complexity index is 530. The standard InChI is InChI=1S/C16H22ClN3O/c17-13-5-3-4-11(10-19-12-7-8-12)15(13)20-9-2-1-6-14(20)16(18)21/h3-5,12,14,19H,1-2,6-10H2,(H2,18,21). The third kappa shape index (κ3) is 3.33. The molecule has 21 heavy (non-hydrogen) atoms. The number of carbonyl (C=O) groups excluding carboxylic acids is 1. The molecule has 0 bridgehead atoms. The molecule has 3 rings (SSSR count). The Morgan fingerprint density at radius 3 is 2.86 bits per heavy atom. The second-order valence-electron chi connectivity index (χ2n) is 6.01. The summed E-state index contributed by atoms with van der Waals surface area (Å²) in [5.74, 6) is -0.254. The van der Waals surface area contributed by atoms with E-state index in [1.165, 1.54) is 12.8 Å². The molecular formula is C16H22ClN3O. The number of amides is 1. The van der Waals surface area contributed by atoms with Gasteiger partial charge in [0.15, 0.2) is 0 Å². The molecule has 1 aliphatic carbocycles. The van der Waals surface area contributed by atoms with Gasteiger partial charge in [-0.05, 0) is 43.7 Å². The zero-order valence-electron chi connectivity index (χ0n) is 12.1. The van der Waals surface area contributed by atoms with E-state index in [1.807, 2.05) is 12.1 Å². The van der Waals surface area contributed by atoms with Crippen LogP contribution in [0.5, 0.6) is 0 Å². The number of nitrogens with one attached hydrogen (secondary N) is 1. The summed E-state index contributed by atoms with van der Waals surface area (Å²) >= 11 is 6.44. The molecule has 1 saturated heterocycles. The van der Waals surface area contributed by atoms with Crippen LogP contribution in [0, 0.1) is 0 Å². The molecule has 4 nitrogen and oxygen atoms in total. The van der Waals surface area contributed by atoms with Gasteiger partial charge in [0.25, 0.3) is 0 Å². The van der Waals surface area contributed by atoms with Gasteiger partial charge in [0.1, 0.15) is 6.04 Å². The van der Waals surface area contributed by atoms with Gasteiger partial charge in [-0.3, -0.25) is 4.79 Å². The molecule has 114 valence electrons. The number of nitrogens with zero attached hydrogens (tertiary/aromatic N) is 1. The maximum atomic E-state index is 11.8. The van der Waals surface area contributed by atoms with Crippen molar-refractivity contribution < 1.29 is 4.79 Å². The van der Waals surface area contributed by atoms with Crippen molar-refractivity contribution in [3.8, 4) is 0 Å². The quantitative estimate of drug-likeness (QED) is 0.878. The van der Waals surface area contributed by atoms with E-state index in [4.69, 9.17) is 17.3 Å². The molecular weight excluding hydrogens is 286 g/mol. The number of carbonyl (C=O) groups is 1. The number of rotatable bonds is 5. The Balaban J connectivity index is 1.88. The SMILES string of the molecule is NC(=O)C1CCCCN1c1c(Cl)cccc1CNC1CC1. The molecule has 2 aliphatic rings. The second kappa shape index (κ2) is 6.24. The van der Waals surface area contributed by atoms with Crippen molar-refractivity contribution in [2.75, 3.05) is 11.4 Å². The number of halogens is 1. The minimum absolute atomic E-state index is 0.238. The normalized spacial score (nSPS) is 22.3. The average molecular weight is 308 g/mol. The Morgan fingerprint density at radius 1 is 1.33 bits per heavy atom. The lowest BCUT2D eigenvalue weighted by Gasteiger charge is -2.37. The summed E-state index contributed by atoms with van der Waals surface area (Å²) in [6.07, 6.45) is 5.44. The van der Waals surface area contributed by atoms with Gasteiger partial charge in [-0.2, -0.15) is 0 Å². The van der Waals surface area contributed by atoms with Crippen molar-refractivity contribution >= 4 is 23.2 Å². The van der Waals surface area contributed by atoms with E-state index in [0.717, 1.165) is 43.6 Å². The van der Waals surface area contributed by atoms with Crippen LogP contribution in [-0.2, 0) is 11.3 Å². The number of hydrogen-bond donors (Lipinski definition) is 2. The molecule has 1 atom stereocenters. The number of nitrogens with two attached hydrogens (primary N) is 1. The molecule has 0 spiro atoms. The summed E-state index contributed by atoms with van der Waals surface area (Å²) in [7, 11) is 0. The van der Waals surface area contributed by atoms with Crippen molar-refractivity contribution in [2.24, 2.45) is 5.73 Å². The third-order valence-corrected chi connectivity index (χ3v) is 4.65. The highest BCUT2D eigenvalue weighted by Crippen LogP contribution is 2.35. The molecule has 0 radical (unpaired) electrons. The van der Waals surface area contributed by atoms with Gasteiger partial charge in [0.05, 0.1) is 10.7 Å². The summed E-state index contributed by atoms with van der Waals surface area (Å²) in [6.45, 7) is 1.64. The highest BCUT2D eigenvalue weighted by molar-refractivity contribution is 6.33. The molecule has 5 heteroatoms. The monoisotopic (exact) mass is 307 g/mol. The van der Waals surface area contributed by atoms with Crippen LogP contribution < -0.4 is 16.0 Å². The lowest BCUT2D eigenvalue weighted by Crippen LogP contribution is -2.48. The summed E-state index contributed by atoms with van der Waals surface area (Å²) in [5.41, 5.74) is 7.73. The number of primary amides is 1. The summed E-state index contributed by atoms with van der Waals surface area (Å²) in [6, 6.07) is 6.36. The highest BCUT2D eigenvalue weighted by Gasteiger charge is 2.30. The van der Waals surface area contributed by atoms with Crippen LogP contribution in [0.15, 0.2) is 18.2 Å². The van der Waals surface area contributed by atoms with Crippen molar-refractivity contribution in [2.45, 2.75) is 50.7 Å². The van der Waals surface area contributed by atoms with Crippen molar-refractivity contribution in [1.29, 1.82) is 0 Å². The summed E-state index contributed by atoms with van der Waals surface area (Å²) in [5, 5.41) is 4.23.